The molecule has 0 aliphatic rings. The summed E-state index contributed by atoms with van der Waals surface area (Å²) in [6.07, 6.45) is 2.46. The van der Waals surface area contributed by atoms with Gasteiger partial charge in [-0.2, -0.15) is 0 Å². The smallest absolute Gasteiger partial charge is 0.243 e. The first kappa shape index (κ1) is 14.1. The minimum atomic E-state index is -0.635. The molecule has 2 rings (SSSR count). The zero-order valence-corrected chi connectivity index (χ0v) is 11.9. The number of aromatic nitrogens is 1. The molecule has 1 aromatic heterocycles. The van der Waals surface area contributed by atoms with Crippen LogP contribution >= 0.6 is 0 Å². The van der Waals surface area contributed by atoms with E-state index in [1.807, 2.05) is 44.3 Å². The third-order valence-electron chi connectivity index (χ3n) is 3.75. The number of para-hydroxylation sites is 1. The topological polar surface area (TPSA) is 74.0 Å². The van der Waals surface area contributed by atoms with E-state index >= 15 is 0 Å². The molecule has 1 aromatic carbocycles. The van der Waals surface area contributed by atoms with Crippen molar-refractivity contribution in [3.63, 3.8) is 0 Å². The summed E-state index contributed by atoms with van der Waals surface area (Å²) in [6, 6.07) is 7.26. The molecule has 1 unspecified atom stereocenters. The van der Waals surface area contributed by atoms with Gasteiger partial charge in [-0.1, -0.05) is 32.0 Å². The maximum absolute atomic E-state index is 12.0. The lowest BCUT2D eigenvalue weighted by Crippen LogP contribution is -2.53. The fourth-order valence-corrected chi connectivity index (χ4v) is 2.58. The molecule has 0 saturated heterocycles. The van der Waals surface area contributed by atoms with Crippen LogP contribution in [0.2, 0.25) is 0 Å². The van der Waals surface area contributed by atoms with Crippen LogP contribution in [-0.4, -0.2) is 30.4 Å². The maximum atomic E-state index is 12.0. The van der Waals surface area contributed by atoms with Gasteiger partial charge in [0.1, 0.15) is 6.04 Å². The van der Waals surface area contributed by atoms with E-state index in [2.05, 4.69) is 15.6 Å². The molecule has 0 aliphatic heterocycles. The molecule has 0 radical (unpaired) electrons. The SMILES string of the molecule is CNC(=O)C(NC=O)C(C)(C)c1c[nH]c2ccccc12. The van der Waals surface area contributed by atoms with Crippen molar-refractivity contribution in [2.24, 2.45) is 0 Å². The van der Waals surface area contributed by atoms with Crippen molar-refractivity contribution in [1.29, 1.82) is 0 Å². The van der Waals surface area contributed by atoms with Crippen molar-refractivity contribution in [3.8, 4) is 0 Å². The van der Waals surface area contributed by atoms with E-state index in [0.29, 0.717) is 6.41 Å². The first-order valence-corrected chi connectivity index (χ1v) is 6.50. The normalized spacial score (nSPS) is 12.9. The Hall–Kier alpha value is -2.30. The van der Waals surface area contributed by atoms with Gasteiger partial charge >= 0.3 is 0 Å². The van der Waals surface area contributed by atoms with Gasteiger partial charge in [-0.15, -0.1) is 0 Å². The number of nitrogens with one attached hydrogen (secondary N) is 3. The van der Waals surface area contributed by atoms with Crippen LogP contribution in [0.15, 0.2) is 30.5 Å². The van der Waals surface area contributed by atoms with Gasteiger partial charge in [-0.3, -0.25) is 9.59 Å². The molecular weight excluding hydrogens is 254 g/mol. The van der Waals surface area contributed by atoms with Crippen LogP contribution < -0.4 is 10.6 Å². The second-order valence-electron chi connectivity index (χ2n) is 5.30. The monoisotopic (exact) mass is 273 g/mol. The largest absolute Gasteiger partial charge is 0.361 e. The molecule has 0 aliphatic carbocycles. The highest BCUT2D eigenvalue weighted by Gasteiger charge is 2.37. The number of likely N-dealkylation sites (N-methyl/N-ethyl adjacent to an activating group) is 1. The number of carbonyl (C=O) groups excluding carboxylic acids is 2. The maximum Gasteiger partial charge on any atom is 0.243 e. The van der Waals surface area contributed by atoms with Crippen molar-refractivity contribution >= 4 is 23.2 Å². The highest BCUT2D eigenvalue weighted by molar-refractivity contribution is 5.89. The fourth-order valence-electron chi connectivity index (χ4n) is 2.58. The third-order valence-corrected chi connectivity index (χ3v) is 3.75. The third kappa shape index (κ3) is 2.27. The summed E-state index contributed by atoms with van der Waals surface area (Å²) in [5, 5.41) is 6.27. The van der Waals surface area contributed by atoms with Crippen LogP contribution in [0.5, 0.6) is 0 Å². The first-order valence-electron chi connectivity index (χ1n) is 6.50. The van der Waals surface area contributed by atoms with Gasteiger partial charge in [0.2, 0.25) is 12.3 Å². The average molecular weight is 273 g/mol. The Bertz CT molecular complexity index is 631. The summed E-state index contributed by atoms with van der Waals surface area (Å²) >= 11 is 0. The van der Waals surface area contributed by atoms with Crippen LogP contribution in [0.3, 0.4) is 0 Å². The Balaban J connectivity index is 2.51. The molecule has 0 spiro atoms. The van der Waals surface area contributed by atoms with Crippen molar-refractivity contribution in [2.75, 3.05) is 7.05 Å². The standard InChI is InChI=1S/C15H19N3O2/c1-15(2,13(18-9-19)14(20)16-3)11-8-17-12-7-5-4-6-10(11)12/h4-9,13,17H,1-3H3,(H,16,20)(H,18,19). The van der Waals surface area contributed by atoms with E-state index in [1.54, 1.807) is 7.05 Å². The average Bonchev–Trinajstić information content (AvgIpc) is 2.88. The van der Waals surface area contributed by atoms with Gasteiger partial charge < -0.3 is 15.6 Å². The number of benzene rings is 1. The van der Waals surface area contributed by atoms with Crippen LogP contribution in [0.1, 0.15) is 19.4 Å². The van der Waals surface area contributed by atoms with E-state index in [9.17, 15) is 9.59 Å². The fraction of sp³-hybridized carbons (Fsp3) is 0.333. The molecule has 2 aromatic rings. The van der Waals surface area contributed by atoms with Gasteiger partial charge in [0.05, 0.1) is 0 Å². The van der Waals surface area contributed by atoms with Crippen molar-refractivity contribution < 1.29 is 9.59 Å². The first-order chi connectivity index (χ1) is 9.52. The summed E-state index contributed by atoms with van der Waals surface area (Å²) in [7, 11) is 1.56. The highest BCUT2D eigenvalue weighted by atomic mass is 16.2. The van der Waals surface area contributed by atoms with Crippen LogP contribution in [0.4, 0.5) is 0 Å². The molecular formula is C15H19N3O2. The molecule has 0 fully saturated rings. The van der Waals surface area contributed by atoms with Crippen molar-refractivity contribution in [1.82, 2.24) is 15.6 Å². The molecule has 0 saturated carbocycles. The lowest BCUT2D eigenvalue weighted by molar-refractivity contribution is -0.126. The molecule has 0 bridgehead atoms. The van der Waals surface area contributed by atoms with Gasteiger partial charge in [0, 0.05) is 29.6 Å². The zero-order chi connectivity index (χ0) is 14.8. The number of rotatable bonds is 5. The minimum absolute atomic E-state index is 0.215. The second kappa shape index (κ2) is 5.36. The number of hydrogen-bond donors (Lipinski definition) is 3. The van der Waals surface area contributed by atoms with Gasteiger partial charge in [-0.05, 0) is 11.6 Å². The number of fused-ring (bicyclic) bond motifs is 1. The predicted molar refractivity (Wildman–Crippen MR) is 78.4 cm³/mol. The molecule has 5 nitrogen and oxygen atoms in total. The highest BCUT2D eigenvalue weighted by Crippen LogP contribution is 2.33. The Kier molecular flexibility index (Phi) is 3.79. The predicted octanol–water partition coefficient (Wildman–Crippen LogP) is 1.31. The van der Waals surface area contributed by atoms with E-state index in [-0.39, 0.29) is 5.91 Å². The Morgan fingerprint density at radius 1 is 1.35 bits per heavy atom. The van der Waals surface area contributed by atoms with Crippen LogP contribution in [0.25, 0.3) is 10.9 Å². The van der Waals surface area contributed by atoms with E-state index in [1.165, 1.54) is 0 Å². The summed E-state index contributed by atoms with van der Waals surface area (Å²) in [5.41, 5.74) is 1.47. The Labute approximate surface area is 117 Å². The lowest BCUT2D eigenvalue weighted by atomic mass is 9.77. The minimum Gasteiger partial charge on any atom is -0.361 e. The Morgan fingerprint density at radius 3 is 2.70 bits per heavy atom. The number of hydrogen-bond acceptors (Lipinski definition) is 2. The molecule has 1 atom stereocenters. The van der Waals surface area contributed by atoms with Crippen molar-refractivity contribution in [2.45, 2.75) is 25.3 Å². The zero-order valence-electron chi connectivity index (χ0n) is 11.9. The lowest BCUT2D eigenvalue weighted by Gasteiger charge is -2.32. The van der Waals surface area contributed by atoms with Gasteiger partial charge in [0.15, 0.2) is 0 Å². The summed E-state index contributed by atoms with van der Waals surface area (Å²) in [5.74, 6) is -0.215. The number of carbonyl (C=O) groups is 2. The number of H-pyrrole nitrogens is 1. The van der Waals surface area contributed by atoms with Gasteiger partial charge in [-0.25, -0.2) is 0 Å². The molecule has 3 N–H and O–H groups in total. The quantitative estimate of drug-likeness (QED) is 0.718. The van der Waals surface area contributed by atoms with E-state index in [0.717, 1.165) is 16.5 Å². The number of aromatic amines is 1. The van der Waals surface area contributed by atoms with Crippen molar-refractivity contribution in [3.05, 3.63) is 36.0 Å². The van der Waals surface area contributed by atoms with E-state index < -0.39 is 11.5 Å². The Morgan fingerprint density at radius 2 is 2.05 bits per heavy atom. The molecule has 20 heavy (non-hydrogen) atoms. The van der Waals surface area contributed by atoms with Crippen LogP contribution in [0, 0.1) is 0 Å². The molecule has 106 valence electrons. The number of amides is 2. The summed E-state index contributed by atoms with van der Waals surface area (Å²) in [4.78, 5) is 26.1. The molecule has 1 heterocycles. The molecule has 5 heteroatoms. The van der Waals surface area contributed by atoms with E-state index in [4.69, 9.17) is 0 Å². The second-order valence-corrected chi connectivity index (χ2v) is 5.30. The summed E-state index contributed by atoms with van der Waals surface area (Å²) < 4.78 is 0. The van der Waals surface area contributed by atoms with Crippen LogP contribution in [-0.2, 0) is 15.0 Å². The summed E-state index contributed by atoms with van der Waals surface area (Å²) in [6.45, 7) is 3.89. The molecule has 2 amide bonds. The van der Waals surface area contributed by atoms with Gasteiger partial charge in [0.25, 0.3) is 0 Å².